The van der Waals surface area contributed by atoms with Crippen LogP contribution in [0, 0.1) is 0 Å². The molecule has 0 rings (SSSR count). The van der Waals surface area contributed by atoms with Crippen LogP contribution in [0.5, 0.6) is 0 Å². The third-order valence-electron chi connectivity index (χ3n) is 1.79. The van der Waals surface area contributed by atoms with Crippen molar-refractivity contribution in [2.24, 2.45) is 0 Å². The van der Waals surface area contributed by atoms with Crippen molar-refractivity contribution < 1.29 is 18.5 Å². The Balaban J connectivity index is 3.30. The van der Waals surface area contributed by atoms with E-state index in [1.165, 1.54) is 12.8 Å². The van der Waals surface area contributed by atoms with Crippen LogP contribution in [-0.4, -0.2) is 18.1 Å². The van der Waals surface area contributed by atoms with Gasteiger partial charge in [0.05, 0.1) is 13.2 Å². The number of rotatable bonds is 9. The Morgan fingerprint density at radius 3 is 2.29 bits per heavy atom. The van der Waals surface area contributed by atoms with E-state index in [0.717, 1.165) is 19.3 Å². The lowest BCUT2D eigenvalue weighted by atomic mass is 10.2. The molecule has 86 valence electrons. The molecule has 5 heteroatoms. The molecule has 0 aliphatic heterocycles. The molecule has 0 radical (unpaired) electrons. The molecular weight excluding hydrogens is 203 g/mol. The fraction of sp³-hybridized carbons (Fsp3) is 1.00. The zero-order valence-electron chi connectivity index (χ0n) is 9.07. The van der Waals surface area contributed by atoms with Crippen molar-refractivity contribution in [3.05, 3.63) is 0 Å². The third kappa shape index (κ3) is 8.70. The van der Waals surface area contributed by atoms with Crippen molar-refractivity contribution in [2.45, 2.75) is 46.0 Å². The van der Waals surface area contributed by atoms with E-state index in [1.54, 1.807) is 6.92 Å². The van der Waals surface area contributed by atoms with Gasteiger partial charge in [0.1, 0.15) is 0 Å². The minimum atomic E-state index is -3.75. The van der Waals surface area contributed by atoms with Gasteiger partial charge < -0.3 is 4.89 Å². The quantitative estimate of drug-likeness (QED) is 0.483. The Kier molecular flexibility index (Phi) is 8.49. The number of hydrogen-bond acceptors (Lipinski definition) is 3. The molecule has 4 nitrogen and oxygen atoms in total. The summed E-state index contributed by atoms with van der Waals surface area (Å²) in [5.41, 5.74) is 0. The molecule has 0 aromatic rings. The minimum Gasteiger partial charge on any atom is -0.302 e. The van der Waals surface area contributed by atoms with Gasteiger partial charge in [0.15, 0.2) is 0 Å². The second-order valence-electron chi connectivity index (χ2n) is 3.13. The molecule has 14 heavy (non-hydrogen) atoms. The zero-order valence-corrected chi connectivity index (χ0v) is 9.96. The number of hydrogen-bond donors (Lipinski definition) is 1. The summed E-state index contributed by atoms with van der Waals surface area (Å²) in [5, 5.41) is 0. The maximum Gasteiger partial charge on any atom is 0.472 e. The first-order valence-corrected chi connectivity index (χ1v) is 6.73. The fourth-order valence-electron chi connectivity index (χ4n) is 1.09. The van der Waals surface area contributed by atoms with Gasteiger partial charge in [0.25, 0.3) is 0 Å². The second-order valence-corrected chi connectivity index (χ2v) is 4.59. The number of unbranched alkanes of at least 4 members (excludes halogenated alkanes) is 4. The van der Waals surface area contributed by atoms with E-state index < -0.39 is 7.82 Å². The lowest BCUT2D eigenvalue weighted by molar-refractivity contribution is 0.153. The average molecular weight is 224 g/mol. The molecule has 0 spiro atoms. The lowest BCUT2D eigenvalue weighted by Crippen LogP contribution is -1.96. The van der Waals surface area contributed by atoms with Crippen LogP contribution >= 0.6 is 7.82 Å². The highest BCUT2D eigenvalue weighted by Gasteiger charge is 2.18. The monoisotopic (exact) mass is 224 g/mol. The van der Waals surface area contributed by atoms with Gasteiger partial charge >= 0.3 is 7.82 Å². The van der Waals surface area contributed by atoms with E-state index in [-0.39, 0.29) is 6.61 Å². The van der Waals surface area contributed by atoms with Crippen molar-refractivity contribution in [2.75, 3.05) is 13.2 Å². The molecule has 0 aliphatic carbocycles. The Labute approximate surface area is 86.2 Å². The van der Waals surface area contributed by atoms with Crippen LogP contribution in [-0.2, 0) is 13.6 Å². The maximum atomic E-state index is 11.0. The maximum absolute atomic E-state index is 11.0. The first-order chi connectivity index (χ1) is 6.62. The van der Waals surface area contributed by atoms with Gasteiger partial charge in [0.2, 0.25) is 0 Å². The number of phosphoric ester groups is 1. The molecule has 0 amide bonds. The summed E-state index contributed by atoms with van der Waals surface area (Å²) in [6, 6.07) is 0. The molecule has 0 saturated heterocycles. The van der Waals surface area contributed by atoms with Crippen LogP contribution < -0.4 is 0 Å². The average Bonchev–Trinajstić information content (AvgIpc) is 2.11. The first kappa shape index (κ1) is 14.1. The molecule has 0 fully saturated rings. The van der Waals surface area contributed by atoms with Crippen LogP contribution in [0.25, 0.3) is 0 Å². The molecule has 0 aromatic carbocycles. The van der Waals surface area contributed by atoms with Crippen molar-refractivity contribution in [1.82, 2.24) is 0 Å². The normalized spacial score (nSPS) is 15.4. The summed E-state index contributed by atoms with van der Waals surface area (Å²) in [7, 11) is -3.75. The molecule has 0 heterocycles. The number of phosphoric acid groups is 1. The topological polar surface area (TPSA) is 55.8 Å². The van der Waals surface area contributed by atoms with E-state index >= 15 is 0 Å². The molecule has 0 bridgehead atoms. The SMILES string of the molecule is CCCCCCCOP(=O)(O)OCC. The van der Waals surface area contributed by atoms with E-state index in [0.29, 0.717) is 6.61 Å². The van der Waals surface area contributed by atoms with Crippen LogP contribution in [0.4, 0.5) is 0 Å². The second kappa shape index (κ2) is 8.42. The molecule has 0 aromatic heterocycles. The van der Waals surface area contributed by atoms with Crippen LogP contribution in [0.1, 0.15) is 46.0 Å². The highest BCUT2D eigenvalue weighted by atomic mass is 31.2. The van der Waals surface area contributed by atoms with Crippen molar-refractivity contribution >= 4 is 7.82 Å². The third-order valence-corrected chi connectivity index (χ3v) is 2.89. The standard InChI is InChI=1S/C9H21O4P/c1-3-5-6-7-8-9-13-14(10,11)12-4-2/h3-9H2,1-2H3,(H,10,11). The van der Waals surface area contributed by atoms with Gasteiger partial charge in [-0.1, -0.05) is 32.6 Å². The molecule has 1 N–H and O–H groups in total. The highest BCUT2D eigenvalue weighted by Crippen LogP contribution is 2.42. The van der Waals surface area contributed by atoms with Gasteiger partial charge in [0, 0.05) is 0 Å². The predicted molar refractivity (Wildman–Crippen MR) is 56.2 cm³/mol. The van der Waals surface area contributed by atoms with Gasteiger partial charge in [-0.05, 0) is 13.3 Å². The Morgan fingerprint density at radius 2 is 1.71 bits per heavy atom. The largest absolute Gasteiger partial charge is 0.472 e. The summed E-state index contributed by atoms with van der Waals surface area (Å²) in [4.78, 5) is 9.03. The highest BCUT2D eigenvalue weighted by molar-refractivity contribution is 7.47. The van der Waals surface area contributed by atoms with Crippen LogP contribution in [0.15, 0.2) is 0 Å². The zero-order chi connectivity index (χ0) is 10.9. The van der Waals surface area contributed by atoms with E-state index in [9.17, 15) is 4.57 Å². The Hall–Kier alpha value is 0.110. The summed E-state index contributed by atoms with van der Waals surface area (Å²) >= 11 is 0. The van der Waals surface area contributed by atoms with Gasteiger partial charge in [-0.3, -0.25) is 9.05 Å². The lowest BCUT2D eigenvalue weighted by Gasteiger charge is -2.10. The first-order valence-electron chi connectivity index (χ1n) is 5.24. The molecule has 0 aliphatic rings. The molecule has 1 atom stereocenters. The molecule has 1 unspecified atom stereocenters. The predicted octanol–water partition coefficient (Wildman–Crippen LogP) is 3.11. The summed E-state index contributed by atoms with van der Waals surface area (Å²) in [6.07, 6.45) is 5.42. The Morgan fingerprint density at radius 1 is 1.07 bits per heavy atom. The molecule has 0 saturated carbocycles. The molecular formula is C9H21O4P. The van der Waals surface area contributed by atoms with Crippen molar-refractivity contribution in [1.29, 1.82) is 0 Å². The van der Waals surface area contributed by atoms with Gasteiger partial charge in [-0.2, -0.15) is 0 Å². The van der Waals surface area contributed by atoms with Gasteiger partial charge in [-0.25, -0.2) is 4.57 Å². The smallest absolute Gasteiger partial charge is 0.302 e. The Bertz CT molecular complexity index is 172. The van der Waals surface area contributed by atoms with Gasteiger partial charge in [-0.15, -0.1) is 0 Å². The van der Waals surface area contributed by atoms with E-state index in [2.05, 4.69) is 11.4 Å². The van der Waals surface area contributed by atoms with E-state index in [1.807, 2.05) is 0 Å². The summed E-state index contributed by atoms with van der Waals surface area (Å²) < 4.78 is 20.3. The van der Waals surface area contributed by atoms with E-state index in [4.69, 9.17) is 9.42 Å². The summed E-state index contributed by atoms with van der Waals surface area (Å²) in [5.74, 6) is 0. The van der Waals surface area contributed by atoms with Crippen LogP contribution in [0.3, 0.4) is 0 Å². The fourth-order valence-corrected chi connectivity index (χ4v) is 1.85. The summed E-state index contributed by atoms with van der Waals surface area (Å²) in [6.45, 7) is 4.31. The van der Waals surface area contributed by atoms with Crippen molar-refractivity contribution in [3.8, 4) is 0 Å². The van der Waals surface area contributed by atoms with Crippen molar-refractivity contribution in [3.63, 3.8) is 0 Å². The van der Waals surface area contributed by atoms with Crippen LogP contribution in [0.2, 0.25) is 0 Å². The minimum absolute atomic E-state index is 0.198.